The maximum Gasteiger partial charge on any atom is 0.324 e. The van der Waals surface area contributed by atoms with Gasteiger partial charge in [-0.1, -0.05) is 24.3 Å². The first-order valence-corrected chi connectivity index (χ1v) is 11.9. The van der Waals surface area contributed by atoms with Gasteiger partial charge < -0.3 is 10.2 Å². The average Bonchev–Trinajstić information content (AvgIpc) is 3.21. The highest BCUT2D eigenvalue weighted by atomic mass is 16.2. The smallest absolute Gasteiger partial charge is 0.324 e. The van der Waals surface area contributed by atoms with E-state index in [1.165, 1.54) is 21.6 Å². The van der Waals surface area contributed by atoms with Crippen molar-refractivity contribution in [3.8, 4) is 0 Å². The molecule has 0 bridgehead atoms. The van der Waals surface area contributed by atoms with Crippen molar-refractivity contribution >= 4 is 29.4 Å². The maximum atomic E-state index is 13.7. The van der Waals surface area contributed by atoms with Gasteiger partial charge in [0.2, 0.25) is 5.91 Å². The highest BCUT2D eigenvalue weighted by molar-refractivity contribution is 5.98. The number of nitrogens with zero attached hydrogens (tertiary/aromatic N) is 4. The molecule has 3 aliphatic rings. The number of amides is 3. The zero-order valence-corrected chi connectivity index (χ0v) is 20.0. The summed E-state index contributed by atoms with van der Waals surface area (Å²) in [6.45, 7) is 8.82. The van der Waals surface area contributed by atoms with Crippen LogP contribution in [0.4, 0.5) is 10.5 Å². The van der Waals surface area contributed by atoms with Crippen LogP contribution in [0.15, 0.2) is 41.9 Å². The van der Waals surface area contributed by atoms with Crippen molar-refractivity contribution in [2.24, 2.45) is 10.9 Å². The molecule has 0 saturated heterocycles. The van der Waals surface area contributed by atoms with Crippen molar-refractivity contribution < 1.29 is 9.59 Å². The van der Waals surface area contributed by atoms with Crippen LogP contribution in [0.2, 0.25) is 0 Å². The van der Waals surface area contributed by atoms with Crippen molar-refractivity contribution in [3.05, 3.63) is 48.1 Å². The third-order valence-corrected chi connectivity index (χ3v) is 6.75. The normalized spacial score (nSPS) is 23.0. The summed E-state index contributed by atoms with van der Waals surface area (Å²) >= 11 is 0. The summed E-state index contributed by atoms with van der Waals surface area (Å²) in [4.78, 5) is 36.9. The monoisotopic (exact) mass is 449 g/mol. The van der Waals surface area contributed by atoms with Crippen LogP contribution >= 0.6 is 0 Å². The van der Waals surface area contributed by atoms with Crippen LogP contribution in [-0.2, 0) is 4.79 Å². The van der Waals surface area contributed by atoms with Crippen molar-refractivity contribution in [1.29, 1.82) is 0 Å². The molecule has 1 aliphatic carbocycles. The number of aliphatic imine (C=N–C) groups is 1. The number of benzene rings is 1. The standard InChI is InChI=1S/C26H35N5O2/c1-5-11-30-17-19(25(32)31(26(33)27-6-2)13-8-12-29(3)4)14-21-20-9-7-10-22-24(20)18(16-28-22)15-23(21)30/h5,7,9-10,14,16,18-19,23H,1,6,8,11-13,15,17H2,2-4H3,(H,27,33)/t18?,19?,23-/m1/s1. The van der Waals surface area contributed by atoms with Crippen molar-refractivity contribution in [1.82, 2.24) is 20.0 Å². The Labute approximate surface area is 196 Å². The fraction of sp³-hybridized carbons (Fsp3) is 0.500. The second-order valence-corrected chi connectivity index (χ2v) is 9.33. The molecule has 7 nitrogen and oxygen atoms in total. The van der Waals surface area contributed by atoms with E-state index in [1.807, 2.05) is 33.2 Å². The highest BCUT2D eigenvalue weighted by Crippen LogP contribution is 2.48. The molecule has 0 aromatic heterocycles. The predicted molar refractivity (Wildman–Crippen MR) is 133 cm³/mol. The number of fused-ring (bicyclic) bond motifs is 2. The fourth-order valence-corrected chi connectivity index (χ4v) is 5.29. The Morgan fingerprint density at radius 2 is 2.12 bits per heavy atom. The molecule has 7 heteroatoms. The number of urea groups is 1. The molecule has 176 valence electrons. The zero-order chi connectivity index (χ0) is 23.5. The van der Waals surface area contributed by atoms with Gasteiger partial charge in [0, 0.05) is 44.4 Å². The van der Waals surface area contributed by atoms with E-state index < -0.39 is 0 Å². The van der Waals surface area contributed by atoms with E-state index >= 15 is 0 Å². The van der Waals surface area contributed by atoms with Gasteiger partial charge in [-0.25, -0.2) is 4.79 Å². The molecule has 4 rings (SSSR count). The lowest BCUT2D eigenvalue weighted by atomic mass is 9.74. The van der Waals surface area contributed by atoms with Gasteiger partial charge in [-0.3, -0.25) is 19.6 Å². The molecule has 1 N–H and O–H groups in total. The van der Waals surface area contributed by atoms with E-state index in [-0.39, 0.29) is 23.9 Å². The minimum absolute atomic E-state index is 0.134. The van der Waals surface area contributed by atoms with E-state index in [9.17, 15) is 9.59 Å². The largest absolute Gasteiger partial charge is 0.338 e. The highest BCUT2D eigenvalue weighted by Gasteiger charge is 2.42. The Bertz CT molecular complexity index is 983. The lowest BCUT2D eigenvalue weighted by molar-refractivity contribution is -0.131. The fourth-order valence-electron chi connectivity index (χ4n) is 5.29. The number of imide groups is 1. The van der Waals surface area contributed by atoms with Gasteiger partial charge in [-0.15, -0.1) is 6.58 Å². The molecule has 0 fully saturated rings. The van der Waals surface area contributed by atoms with Gasteiger partial charge in [-0.2, -0.15) is 0 Å². The molecule has 1 aromatic carbocycles. The Hall–Kier alpha value is -2.77. The van der Waals surface area contributed by atoms with E-state index in [0.717, 1.165) is 25.1 Å². The third kappa shape index (κ3) is 4.66. The summed E-state index contributed by atoms with van der Waals surface area (Å²) in [5.41, 5.74) is 4.69. The van der Waals surface area contributed by atoms with Gasteiger partial charge >= 0.3 is 6.03 Å². The summed E-state index contributed by atoms with van der Waals surface area (Å²) in [6.07, 6.45) is 7.78. The number of rotatable bonds is 8. The number of nitrogens with one attached hydrogen (secondary N) is 1. The van der Waals surface area contributed by atoms with Crippen molar-refractivity contribution in [2.45, 2.75) is 31.7 Å². The Balaban J connectivity index is 1.66. The van der Waals surface area contributed by atoms with Crippen LogP contribution in [0, 0.1) is 5.92 Å². The Morgan fingerprint density at radius 3 is 2.85 bits per heavy atom. The number of hydrogen-bond donors (Lipinski definition) is 1. The van der Waals surface area contributed by atoms with Gasteiger partial charge in [0.1, 0.15) is 0 Å². The first kappa shape index (κ1) is 23.4. The molecule has 2 aliphatic heterocycles. The van der Waals surface area contributed by atoms with Crippen LogP contribution in [0.5, 0.6) is 0 Å². The molecule has 3 amide bonds. The van der Waals surface area contributed by atoms with E-state index in [2.05, 4.69) is 51.1 Å². The minimum atomic E-state index is -0.382. The summed E-state index contributed by atoms with van der Waals surface area (Å²) < 4.78 is 0. The van der Waals surface area contributed by atoms with E-state index in [0.29, 0.717) is 32.1 Å². The van der Waals surface area contributed by atoms with Gasteiger partial charge in [0.15, 0.2) is 0 Å². The summed E-state index contributed by atoms with van der Waals surface area (Å²) in [6, 6.07) is 6.16. The second-order valence-electron chi connectivity index (χ2n) is 9.33. The van der Waals surface area contributed by atoms with E-state index in [1.54, 1.807) is 0 Å². The average molecular weight is 450 g/mol. The van der Waals surface area contributed by atoms with Crippen molar-refractivity contribution in [3.63, 3.8) is 0 Å². The van der Waals surface area contributed by atoms with Crippen LogP contribution < -0.4 is 5.32 Å². The number of carbonyl (C=O) groups is 2. The maximum absolute atomic E-state index is 13.7. The van der Waals surface area contributed by atoms with Crippen LogP contribution in [-0.4, -0.2) is 85.7 Å². The van der Waals surface area contributed by atoms with Gasteiger partial charge in [0.05, 0.1) is 11.6 Å². The van der Waals surface area contributed by atoms with Crippen molar-refractivity contribution in [2.75, 3.05) is 46.8 Å². The first-order chi connectivity index (χ1) is 15.9. The molecular formula is C26H35N5O2. The number of hydrogen-bond acceptors (Lipinski definition) is 5. The summed E-state index contributed by atoms with van der Waals surface area (Å²) in [5.74, 6) is -0.200. The second kappa shape index (κ2) is 10.0. The van der Waals surface area contributed by atoms with Crippen LogP contribution in [0.3, 0.4) is 0 Å². The molecule has 0 saturated carbocycles. The molecular weight excluding hydrogens is 414 g/mol. The SMILES string of the molecule is C=CCN1CC(C(=O)N(CCCN(C)C)C(=O)NCC)C=C2c3cccc4c3C(C=N4)C[C@H]21. The molecule has 2 heterocycles. The lowest BCUT2D eigenvalue weighted by Gasteiger charge is -2.43. The van der Waals surface area contributed by atoms with Crippen LogP contribution in [0.1, 0.15) is 36.8 Å². The third-order valence-electron chi connectivity index (χ3n) is 6.75. The minimum Gasteiger partial charge on any atom is -0.338 e. The lowest BCUT2D eigenvalue weighted by Crippen LogP contribution is -2.52. The zero-order valence-electron chi connectivity index (χ0n) is 20.0. The molecule has 0 radical (unpaired) electrons. The number of carbonyl (C=O) groups excluding carboxylic acids is 2. The van der Waals surface area contributed by atoms with Gasteiger partial charge in [0.25, 0.3) is 0 Å². The Morgan fingerprint density at radius 1 is 1.30 bits per heavy atom. The molecule has 1 aromatic rings. The first-order valence-electron chi connectivity index (χ1n) is 11.9. The summed E-state index contributed by atoms with van der Waals surface area (Å²) in [5, 5.41) is 2.82. The molecule has 33 heavy (non-hydrogen) atoms. The predicted octanol–water partition coefficient (Wildman–Crippen LogP) is 3.27. The van der Waals surface area contributed by atoms with Crippen LogP contribution in [0.25, 0.3) is 5.57 Å². The summed E-state index contributed by atoms with van der Waals surface area (Å²) in [7, 11) is 3.99. The molecule has 0 spiro atoms. The molecule has 3 atom stereocenters. The van der Waals surface area contributed by atoms with Gasteiger partial charge in [-0.05, 0) is 63.2 Å². The molecule has 2 unspecified atom stereocenters. The topological polar surface area (TPSA) is 68.2 Å². The quantitative estimate of drug-likeness (QED) is 0.619. The Kier molecular flexibility index (Phi) is 7.10. The van der Waals surface area contributed by atoms with E-state index in [4.69, 9.17) is 0 Å².